The van der Waals surface area contributed by atoms with Crippen LogP contribution in [0.5, 0.6) is 0 Å². The molecule has 0 aromatic carbocycles. The molecule has 3 heteroatoms. The minimum atomic E-state index is 0.136. The summed E-state index contributed by atoms with van der Waals surface area (Å²) in [4.78, 5) is 2.52. The van der Waals surface area contributed by atoms with Gasteiger partial charge in [-0.05, 0) is 45.1 Å². The van der Waals surface area contributed by atoms with Gasteiger partial charge in [-0.15, -0.1) is 0 Å². The molecule has 3 fully saturated rings. The molecule has 15 heavy (non-hydrogen) atoms. The monoisotopic (exact) mass is 211 g/mol. The van der Waals surface area contributed by atoms with Crippen LogP contribution in [0.25, 0.3) is 0 Å². The lowest BCUT2D eigenvalue weighted by Crippen LogP contribution is -2.46. The molecule has 86 valence electrons. The smallest absolute Gasteiger partial charge is 0.0625 e. The van der Waals surface area contributed by atoms with Gasteiger partial charge in [0.05, 0.1) is 19.3 Å². The van der Waals surface area contributed by atoms with E-state index in [1.807, 2.05) is 0 Å². The highest BCUT2D eigenvalue weighted by Crippen LogP contribution is 2.42. The molecule has 0 spiro atoms. The summed E-state index contributed by atoms with van der Waals surface area (Å²) in [6, 6.07) is 0.584. The molecular weight excluding hydrogens is 190 g/mol. The maximum atomic E-state index is 9.55. The lowest BCUT2D eigenvalue weighted by Gasteiger charge is -2.33. The molecule has 0 aromatic rings. The van der Waals surface area contributed by atoms with Crippen LogP contribution in [0.15, 0.2) is 0 Å². The molecule has 0 amide bonds. The van der Waals surface area contributed by atoms with Crippen molar-refractivity contribution in [3.63, 3.8) is 0 Å². The first-order valence-corrected chi connectivity index (χ1v) is 6.33. The zero-order valence-electron chi connectivity index (χ0n) is 9.32. The van der Waals surface area contributed by atoms with E-state index in [2.05, 4.69) is 4.90 Å². The van der Waals surface area contributed by atoms with Gasteiger partial charge in [0, 0.05) is 11.6 Å². The molecule has 2 unspecified atom stereocenters. The van der Waals surface area contributed by atoms with Gasteiger partial charge in [-0.3, -0.25) is 4.90 Å². The summed E-state index contributed by atoms with van der Waals surface area (Å²) in [5.41, 5.74) is 0.136. The topological polar surface area (TPSA) is 32.7 Å². The molecule has 3 aliphatic rings. The highest BCUT2D eigenvalue weighted by Gasteiger charge is 2.48. The predicted molar refractivity (Wildman–Crippen MR) is 57.8 cm³/mol. The Balaban J connectivity index is 1.60. The molecule has 2 atom stereocenters. The number of fused-ring (bicyclic) bond motifs is 1. The van der Waals surface area contributed by atoms with E-state index in [0.29, 0.717) is 18.8 Å². The molecular formula is C12H21NO2. The normalized spacial score (nSPS) is 41.0. The number of hydrogen-bond donors (Lipinski definition) is 1. The van der Waals surface area contributed by atoms with Gasteiger partial charge in [-0.1, -0.05) is 0 Å². The van der Waals surface area contributed by atoms with E-state index >= 15 is 0 Å². The van der Waals surface area contributed by atoms with Gasteiger partial charge in [-0.2, -0.15) is 0 Å². The SMILES string of the molecule is OCC12CCCN1C(COC1CC1)CC2. The van der Waals surface area contributed by atoms with E-state index in [-0.39, 0.29) is 5.54 Å². The third kappa shape index (κ3) is 1.71. The number of aliphatic hydroxyl groups excluding tert-OH is 1. The fourth-order valence-electron chi connectivity index (χ4n) is 3.29. The van der Waals surface area contributed by atoms with E-state index in [1.165, 1.54) is 45.1 Å². The van der Waals surface area contributed by atoms with Crippen molar-refractivity contribution in [3.8, 4) is 0 Å². The van der Waals surface area contributed by atoms with Gasteiger partial charge in [0.1, 0.15) is 0 Å². The number of aliphatic hydroxyl groups is 1. The van der Waals surface area contributed by atoms with Crippen molar-refractivity contribution in [1.29, 1.82) is 0 Å². The Bertz CT molecular complexity index is 242. The van der Waals surface area contributed by atoms with Gasteiger partial charge in [-0.25, -0.2) is 0 Å². The third-order valence-electron chi connectivity index (χ3n) is 4.38. The summed E-state index contributed by atoms with van der Waals surface area (Å²) in [5, 5.41) is 9.55. The number of nitrogens with zero attached hydrogens (tertiary/aromatic N) is 1. The average molecular weight is 211 g/mol. The standard InChI is InChI=1S/C12H21NO2/c14-9-12-5-1-7-13(12)10(4-6-12)8-15-11-2-3-11/h10-11,14H,1-9H2. The highest BCUT2D eigenvalue weighted by molar-refractivity contribution is 5.04. The zero-order chi connectivity index (χ0) is 10.3. The van der Waals surface area contributed by atoms with Crippen LogP contribution in [0.4, 0.5) is 0 Å². The molecule has 1 saturated carbocycles. The van der Waals surface area contributed by atoms with Crippen LogP contribution in [0, 0.1) is 0 Å². The summed E-state index contributed by atoms with van der Waals surface area (Å²) in [6.45, 7) is 2.40. The van der Waals surface area contributed by atoms with Crippen LogP contribution in [0.2, 0.25) is 0 Å². The molecule has 0 aromatic heterocycles. The highest BCUT2D eigenvalue weighted by atomic mass is 16.5. The van der Waals surface area contributed by atoms with Gasteiger partial charge in [0.25, 0.3) is 0 Å². The molecule has 2 saturated heterocycles. The van der Waals surface area contributed by atoms with Gasteiger partial charge < -0.3 is 9.84 Å². The summed E-state index contributed by atoms with van der Waals surface area (Å²) in [6.07, 6.45) is 7.91. The van der Waals surface area contributed by atoms with Crippen molar-refractivity contribution in [1.82, 2.24) is 4.90 Å². The van der Waals surface area contributed by atoms with Crippen LogP contribution >= 0.6 is 0 Å². The first kappa shape index (κ1) is 10.1. The molecule has 3 rings (SSSR count). The maximum absolute atomic E-state index is 9.55. The van der Waals surface area contributed by atoms with Crippen molar-refractivity contribution in [2.75, 3.05) is 19.8 Å². The van der Waals surface area contributed by atoms with Gasteiger partial charge in [0.2, 0.25) is 0 Å². The van der Waals surface area contributed by atoms with Crippen LogP contribution in [0.3, 0.4) is 0 Å². The summed E-state index contributed by atoms with van der Waals surface area (Å²) in [7, 11) is 0. The molecule has 0 radical (unpaired) electrons. The second kappa shape index (κ2) is 3.72. The Morgan fingerprint density at radius 3 is 2.87 bits per heavy atom. The van der Waals surface area contributed by atoms with Gasteiger partial charge in [0.15, 0.2) is 0 Å². The molecule has 1 N–H and O–H groups in total. The van der Waals surface area contributed by atoms with Crippen molar-refractivity contribution in [2.24, 2.45) is 0 Å². The Morgan fingerprint density at radius 2 is 2.13 bits per heavy atom. The van der Waals surface area contributed by atoms with E-state index in [0.717, 1.165) is 6.61 Å². The maximum Gasteiger partial charge on any atom is 0.0625 e. The first-order chi connectivity index (χ1) is 7.34. The van der Waals surface area contributed by atoms with Crippen LogP contribution in [0.1, 0.15) is 38.5 Å². The van der Waals surface area contributed by atoms with Crippen LogP contribution in [-0.2, 0) is 4.74 Å². The predicted octanol–water partition coefficient (Wildman–Crippen LogP) is 1.15. The minimum absolute atomic E-state index is 0.136. The molecule has 2 heterocycles. The molecule has 1 aliphatic carbocycles. The second-order valence-corrected chi connectivity index (χ2v) is 5.40. The molecule has 0 bridgehead atoms. The molecule has 3 nitrogen and oxygen atoms in total. The van der Waals surface area contributed by atoms with E-state index in [1.54, 1.807) is 0 Å². The van der Waals surface area contributed by atoms with Crippen molar-refractivity contribution >= 4 is 0 Å². The lowest BCUT2D eigenvalue weighted by molar-refractivity contribution is 0.0276. The number of rotatable bonds is 4. The van der Waals surface area contributed by atoms with E-state index < -0.39 is 0 Å². The van der Waals surface area contributed by atoms with E-state index in [9.17, 15) is 5.11 Å². The summed E-state index contributed by atoms with van der Waals surface area (Å²) in [5.74, 6) is 0. The quantitative estimate of drug-likeness (QED) is 0.757. The number of hydrogen-bond acceptors (Lipinski definition) is 3. The van der Waals surface area contributed by atoms with Gasteiger partial charge >= 0.3 is 0 Å². The van der Waals surface area contributed by atoms with Crippen LogP contribution in [-0.4, -0.2) is 47.4 Å². The van der Waals surface area contributed by atoms with Crippen molar-refractivity contribution in [3.05, 3.63) is 0 Å². The first-order valence-electron chi connectivity index (χ1n) is 6.33. The fourth-order valence-corrected chi connectivity index (χ4v) is 3.29. The average Bonchev–Trinajstić information content (AvgIpc) is 2.88. The summed E-state index contributed by atoms with van der Waals surface area (Å²) < 4.78 is 5.81. The largest absolute Gasteiger partial charge is 0.394 e. The zero-order valence-corrected chi connectivity index (χ0v) is 9.32. The Hall–Kier alpha value is -0.120. The molecule has 2 aliphatic heterocycles. The van der Waals surface area contributed by atoms with Crippen molar-refractivity contribution in [2.45, 2.75) is 56.2 Å². The Kier molecular flexibility index (Phi) is 2.49. The lowest BCUT2D eigenvalue weighted by atomic mass is 9.95. The summed E-state index contributed by atoms with van der Waals surface area (Å²) >= 11 is 0. The Labute approximate surface area is 91.4 Å². The second-order valence-electron chi connectivity index (χ2n) is 5.40. The fraction of sp³-hybridized carbons (Fsp3) is 1.00. The number of ether oxygens (including phenoxy) is 1. The van der Waals surface area contributed by atoms with Crippen LogP contribution < -0.4 is 0 Å². The minimum Gasteiger partial charge on any atom is -0.394 e. The van der Waals surface area contributed by atoms with Crippen molar-refractivity contribution < 1.29 is 9.84 Å². The third-order valence-corrected chi connectivity index (χ3v) is 4.38. The van der Waals surface area contributed by atoms with E-state index in [4.69, 9.17) is 4.74 Å². The Morgan fingerprint density at radius 1 is 1.27 bits per heavy atom.